The number of aliphatic hydroxyl groups is 3. The number of hydrogen-bond donors (Lipinski definition) is 3. The number of carbonyl (C=O) groups excluding carboxylic acids is 2. The minimum absolute atomic E-state index is 0.0799. The van der Waals surface area contributed by atoms with E-state index in [0.29, 0.717) is 12.8 Å². The highest BCUT2D eigenvalue weighted by atomic mass is 16.6. The van der Waals surface area contributed by atoms with E-state index in [1.54, 1.807) is 6.08 Å². The van der Waals surface area contributed by atoms with Gasteiger partial charge in [-0.25, -0.2) is 0 Å². The zero-order valence-electron chi connectivity index (χ0n) is 30.0. The molecular weight excluding hydrogens is 568 g/mol. The summed E-state index contributed by atoms with van der Waals surface area (Å²) in [6, 6.07) is 0. The Hall–Kier alpha value is -1.44. The van der Waals surface area contributed by atoms with Crippen molar-refractivity contribution in [3.63, 3.8) is 0 Å². The summed E-state index contributed by atoms with van der Waals surface area (Å²) in [5.74, 6) is -0.496. The van der Waals surface area contributed by atoms with Gasteiger partial charge in [0.1, 0.15) is 12.7 Å². The first-order valence-electron chi connectivity index (χ1n) is 18.7. The summed E-state index contributed by atoms with van der Waals surface area (Å²) in [5, 5.41) is 26.2. The van der Waals surface area contributed by atoms with Gasteiger partial charge in [0, 0.05) is 12.8 Å². The van der Waals surface area contributed by atoms with Crippen LogP contribution in [0.1, 0.15) is 188 Å². The van der Waals surface area contributed by atoms with Crippen molar-refractivity contribution in [2.45, 2.75) is 194 Å². The zero-order chi connectivity index (χ0) is 34.1. The van der Waals surface area contributed by atoms with Gasteiger partial charge in [-0.05, 0) is 19.8 Å². The van der Waals surface area contributed by atoms with Crippen molar-refractivity contribution in [3.8, 4) is 0 Å². The van der Waals surface area contributed by atoms with Crippen molar-refractivity contribution in [1.29, 1.82) is 0 Å². The second kappa shape index (κ2) is 44.7. The fraction of sp³-hybridized carbons (Fsp3) is 0.895. The Morgan fingerprint density at radius 2 is 0.844 bits per heavy atom. The van der Waals surface area contributed by atoms with Gasteiger partial charge in [0.05, 0.1) is 19.8 Å². The van der Waals surface area contributed by atoms with Gasteiger partial charge in [-0.1, -0.05) is 161 Å². The van der Waals surface area contributed by atoms with Gasteiger partial charge < -0.3 is 24.8 Å². The van der Waals surface area contributed by atoms with Crippen LogP contribution in [0.5, 0.6) is 0 Å². The molecule has 0 spiro atoms. The molecule has 0 unspecified atom stereocenters. The summed E-state index contributed by atoms with van der Waals surface area (Å²) < 4.78 is 9.70. The van der Waals surface area contributed by atoms with E-state index in [2.05, 4.69) is 20.4 Å². The number of hydrogen-bond acceptors (Lipinski definition) is 7. The molecule has 0 bridgehead atoms. The Labute approximate surface area is 278 Å². The predicted octanol–water partition coefficient (Wildman–Crippen LogP) is 9.78. The van der Waals surface area contributed by atoms with Crippen LogP contribution in [0.25, 0.3) is 0 Å². The molecule has 45 heavy (non-hydrogen) atoms. The van der Waals surface area contributed by atoms with E-state index >= 15 is 0 Å². The molecule has 0 saturated carbocycles. The number of unbranched alkanes of at least 4 members (excludes halogenated alkanes) is 22. The molecule has 0 rings (SSSR count). The summed E-state index contributed by atoms with van der Waals surface area (Å²) in [4.78, 5) is 22.5. The van der Waals surface area contributed by atoms with Gasteiger partial charge >= 0.3 is 11.9 Å². The molecule has 0 aliphatic heterocycles. The second-order valence-electron chi connectivity index (χ2n) is 12.1. The molecule has 270 valence electrons. The average Bonchev–Trinajstić information content (AvgIpc) is 3.04. The normalized spacial score (nSPS) is 10.5. The van der Waals surface area contributed by atoms with E-state index in [9.17, 15) is 9.59 Å². The van der Waals surface area contributed by atoms with Crippen LogP contribution in [0.15, 0.2) is 12.7 Å². The maximum Gasteiger partial charge on any atom is 0.306 e. The van der Waals surface area contributed by atoms with Crippen LogP contribution in [-0.2, 0) is 19.1 Å². The predicted molar refractivity (Wildman–Crippen MR) is 189 cm³/mol. The third-order valence-electron chi connectivity index (χ3n) is 7.53. The van der Waals surface area contributed by atoms with Gasteiger partial charge in [0.25, 0.3) is 0 Å². The maximum absolute atomic E-state index is 11.5. The SMILES string of the molecule is C=CC.CCCCCCCCCCCC(=O)OCCO.CCCCCCCCCCCCCCCCCC(=O)OC(CO)CO. The minimum Gasteiger partial charge on any atom is -0.463 e. The van der Waals surface area contributed by atoms with Crippen LogP contribution in [0.4, 0.5) is 0 Å². The standard InChI is InChI=1S/C21H42O4.C14H28O3.C3H6/c1-2-3-4-5-6-7-8-9-10-11-12-13-14-15-16-17-21(24)25-20(18-22)19-23;1-2-3-4-5-6-7-8-9-10-11-14(16)17-13-12-15;1-3-2/h20,22-23H,2-19H2,1H3;15H,2-13H2,1H3;3H,1H2,2H3. The first kappa shape index (κ1) is 48.0. The Bertz CT molecular complexity index is 578. The smallest absolute Gasteiger partial charge is 0.306 e. The molecule has 0 amide bonds. The van der Waals surface area contributed by atoms with Gasteiger partial charge in [0.2, 0.25) is 0 Å². The lowest BCUT2D eigenvalue weighted by Gasteiger charge is -2.12. The first-order valence-corrected chi connectivity index (χ1v) is 18.7. The molecule has 0 aliphatic rings. The molecule has 0 atom stereocenters. The molecule has 0 aromatic carbocycles. The molecule has 0 heterocycles. The topological polar surface area (TPSA) is 113 Å². The van der Waals surface area contributed by atoms with Crippen LogP contribution in [0.3, 0.4) is 0 Å². The van der Waals surface area contributed by atoms with Crippen molar-refractivity contribution in [1.82, 2.24) is 0 Å². The third kappa shape index (κ3) is 47.1. The summed E-state index contributed by atoms with van der Waals surface area (Å²) in [7, 11) is 0. The van der Waals surface area contributed by atoms with E-state index in [1.165, 1.54) is 128 Å². The summed E-state index contributed by atoms with van der Waals surface area (Å²) in [6.07, 6.45) is 32.6. The fourth-order valence-electron chi connectivity index (χ4n) is 4.83. The Kier molecular flexibility index (Phi) is 47.6. The zero-order valence-corrected chi connectivity index (χ0v) is 30.0. The van der Waals surface area contributed by atoms with Crippen LogP contribution in [0.2, 0.25) is 0 Å². The first-order chi connectivity index (χ1) is 22.0. The van der Waals surface area contributed by atoms with Crippen LogP contribution in [0, 0.1) is 0 Å². The molecule has 0 fully saturated rings. The number of rotatable bonds is 31. The summed E-state index contributed by atoms with van der Waals surface area (Å²) in [6.45, 7) is 9.16. The average molecular weight is 645 g/mol. The second-order valence-corrected chi connectivity index (χ2v) is 12.1. The molecule has 0 aliphatic carbocycles. The molecule has 7 nitrogen and oxygen atoms in total. The van der Waals surface area contributed by atoms with E-state index in [-0.39, 0.29) is 38.4 Å². The van der Waals surface area contributed by atoms with Crippen LogP contribution >= 0.6 is 0 Å². The quantitative estimate of drug-likeness (QED) is 0.0391. The van der Waals surface area contributed by atoms with E-state index < -0.39 is 6.10 Å². The van der Waals surface area contributed by atoms with Gasteiger partial charge in [-0.2, -0.15) is 0 Å². The minimum atomic E-state index is -0.760. The summed E-state index contributed by atoms with van der Waals surface area (Å²) in [5.41, 5.74) is 0. The molecular formula is C38H76O7. The highest BCUT2D eigenvalue weighted by Gasteiger charge is 2.11. The van der Waals surface area contributed by atoms with Crippen molar-refractivity contribution < 1.29 is 34.4 Å². The lowest BCUT2D eigenvalue weighted by molar-refractivity contribution is -0.153. The van der Waals surface area contributed by atoms with Crippen molar-refractivity contribution in [2.75, 3.05) is 26.4 Å². The number of carbonyl (C=O) groups is 2. The van der Waals surface area contributed by atoms with Crippen molar-refractivity contribution in [3.05, 3.63) is 12.7 Å². The van der Waals surface area contributed by atoms with Gasteiger partial charge in [0.15, 0.2) is 0 Å². The Balaban J connectivity index is -0.000000764. The van der Waals surface area contributed by atoms with Crippen molar-refractivity contribution >= 4 is 11.9 Å². The lowest BCUT2D eigenvalue weighted by atomic mass is 10.0. The number of allylic oxidation sites excluding steroid dienone is 1. The monoisotopic (exact) mass is 645 g/mol. The number of ether oxygens (including phenoxy) is 2. The molecule has 0 saturated heterocycles. The molecule has 0 aromatic heterocycles. The van der Waals surface area contributed by atoms with E-state index in [0.717, 1.165) is 25.7 Å². The molecule has 3 N–H and O–H groups in total. The fourth-order valence-corrected chi connectivity index (χ4v) is 4.83. The Morgan fingerprint density at radius 3 is 1.13 bits per heavy atom. The molecule has 0 aromatic rings. The van der Waals surface area contributed by atoms with Gasteiger partial charge in [-0.15, -0.1) is 6.58 Å². The highest BCUT2D eigenvalue weighted by Crippen LogP contribution is 2.14. The summed E-state index contributed by atoms with van der Waals surface area (Å²) >= 11 is 0. The van der Waals surface area contributed by atoms with E-state index in [1.807, 2.05) is 6.92 Å². The van der Waals surface area contributed by atoms with Crippen LogP contribution < -0.4 is 0 Å². The Morgan fingerprint density at radius 1 is 0.556 bits per heavy atom. The van der Waals surface area contributed by atoms with Gasteiger partial charge in [-0.3, -0.25) is 9.59 Å². The van der Waals surface area contributed by atoms with Crippen LogP contribution in [-0.4, -0.2) is 59.8 Å². The largest absolute Gasteiger partial charge is 0.463 e. The van der Waals surface area contributed by atoms with E-state index in [4.69, 9.17) is 24.8 Å². The molecule has 7 heteroatoms. The lowest BCUT2D eigenvalue weighted by Crippen LogP contribution is -2.25. The third-order valence-corrected chi connectivity index (χ3v) is 7.53. The molecule has 0 radical (unpaired) electrons. The number of aliphatic hydroxyl groups excluding tert-OH is 3. The number of esters is 2. The maximum atomic E-state index is 11.5. The van der Waals surface area contributed by atoms with Crippen molar-refractivity contribution in [2.24, 2.45) is 0 Å². The highest BCUT2D eigenvalue weighted by molar-refractivity contribution is 5.69.